The number of nitro groups is 1. The molecule has 1 rings (SSSR count). The summed E-state index contributed by atoms with van der Waals surface area (Å²) in [6.07, 6.45) is 0.384. The standard InChI is InChI=1S/C11H14BrN3O3/c1-13-11(16)4-5-14-7-8-2-3-9(12)10(6-8)15(17)18/h2-3,6,14H,4-5,7H2,1H3,(H,13,16). The van der Waals surface area contributed by atoms with E-state index in [9.17, 15) is 14.9 Å². The molecule has 0 unspecified atom stereocenters. The summed E-state index contributed by atoms with van der Waals surface area (Å²) in [7, 11) is 1.58. The first kappa shape index (κ1) is 14.6. The smallest absolute Gasteiger partial charge is 0.283 e. The highest BCUT2D eigenvalue weighted by Gasteiger charge is 2.11. The Bertz CT molecular complexity index is 451. The number of rotatable bonds is 6. The molecule has 0 bridgehead atoms. The lowest BCUT2D eigenvalue weighted by Gasteiger charge is -2.05. The Labute approximate surface area is 113 Å². The van der Waals surface area contributed by atoms with Gasteiger partial charge in [-0.05, 0) is 27.6 Å². The van der Waals surface area contributed by atoms with E-state index in [1.54, 1.807) is 19.2 Å². The molecule has 0 aliphatic carbocycles. The summed E-state index contributed by atoms with van der Waals surface area (Å²) in [5.74, 6) is -0.0377. The molecule has 18 heavy (non-hydrogen) atoms. The first-order valence-corrected chi connectivity index (χ1v) is 6.18. The highest BCUT2D eigenvalue weighted by atomic mass is 79.9. The van der Waals surface area contributed by atoms with Crippen molar-refractivity contribution >= 4 is 27.5 Å². The van der Waals surface area contributed by atoms with Crippen LogP contribution in [0.5, 0.6) is 0 Å². The quantitative estimate of drug-likeness (QED) is 0.474. The lowest BCUT2D eigenvalue weighted by atomic mass is 10.2. The van der Waals surface area contributed by atoms with Crippen LogP contribution >= 0.6 is 15.9 Å². The second-order valence-electron chi connectivity index (χ2n) is 3.64. The lowest BCUT2D eigenvalue weighted by Crippen LogP contribution is -2.24. The van der Waals surface area contributed by atoms with Gasteiger partial charge in [0, 0.05) is 32.6 Å². The van der Waals surface area contributed by atoms with Crippen LogP contribution in [0, 0.1) is 10.1 Å². The normalized spacial score (nSPS) is 10.1. The molecule has 1 amide bonds. The average molecular weight is 316 g/mol. The van der Waals surface area contributed by atoms with Crippen molar-refractivity contribution in [2.45, 2.75) is 13.0 Å². The molecular weight excluding hydrogens is 302 g/mol. The Kier molecular flexibility index (Phi) is 5.73. The van der Waals surface area contributed by atoms with Crippen molar-refractivity contribution in [2.24, 2.45) is 0 Å². The Morgan fingerprint density at radius 2 is 2.22 bits per heavy atom. The van der Waals surface area contributed by atoms with Crippen LogP contribution in [0.15, 0.2) is 22.7 Å². The summed E-state index contributed by atoms with van der Waals surface area (Å²) in [6.45, 7) is 1.02. The first-order valence-electron chi connectivity index (χ1n) is 5.38. The van der Waals surface area contributed by atoms with E-state index >= 15 is 0 Å². The van der Waals surface area contributed by atoms with Gasteiger partial charge < -0.3 is 10.6 Å². The van der Waals surface area contributed by atoms with E-state index in [1.807, 2.05) is 0 Å². The summed E-state index contributed by atoms with van der Waals surface area (Å²) in [5, 5.41) is 16.3. The van der Waals surface area contributed by atoms with Gasteiger partial charge >= 0.3 is 0 Å². The lowest BCUT2D eigenvalue weighted by molar-refractivity contribution is -0.385. The number of carbonyl (C=O) groups is 1. The largest absolute Gasteiger partial charge is 0.359 e. The number of hydrogen-bond acceptors (Lipinski definition) is 4. The molecule has 2 N–H and O–H groups in total. The van der Waals surface area contributed by atoms with Crippen molar-refractivity contribution < 1.29 is 9.72 Å². The number of carbonyl (C=O) groups excluding carboxylic acids is 1. The van der Waals surface area contributed by atoms with Crippen LogP contribution < -0.4 is 10.6 Å². The van der Waals surface area contributed by atoms with Gasteiger partial charge in [-0.2, -0.15) is 0 Å². The van der Waals surface area contributed by atoms with Crippen molar-refractivity contribution in [3.8, 4) is 0 Å². The number of hydrogen-bond donors (Lipinski definition) is 2. The topological polar surface area (TPSA) is 84.3 Å². The van der Waals surface area contributed by atoms with Gasteiger partial charge in [0.05, 0.1) is 9.40 Å². The zero-order valence-corrected chi connectivity index (χ0v) is 11.5. The van der Waals surface area contributed by atoms with Gasteiger partial charge in [-0.3, -0.25) is 14.9 Å². The fourth-order valence-electron chi connectivity index (χ4n) is 1.37. The number of nitrogens with zero attached hydrogens (tertiary/aromatic N) is 1. The number of nitro benzene ring substituents is 1. The number of amides is 1. The highest BCUT2D eigenvalue weighted by Crippen LogP contribution is 2.25. The molecule has 6 nitrogen and oxygen atoms in total. The fourth-order valence-corrected chi connectivity index (χ4v) is 1.76. The van der Waals surface area contributed by atoms with Crippen LogP contribution in [0.1, 0.15) is 12.0 Å². The zero-order valence-electron chi connectivity index (χ0n) is 9.90. The van der Waals surface area contributed by atoms with Crippen LogP contribution in [0.3, 0.4) is 0 Å². The highest BCUT2D eigenvalue weighted by molar-refractivity contribution is 9.10. The Morgan fingerprint density at radius 3 is 2.83 bits per heavy atom. The van der Waals surface area contributed by atoms with Gasteiger partial charge in [0.25, 0.3) is 5.69 Å². The third kappa shape index (κ3) is 4.42. The summed E-state index contributed by atoms with van der Waals surface area (Å²) in [5.41, 5.74) is 0.849. The molecule has 0 atom stereocenters. The first-order chi connectivity index (χ1) is 8.54. The minimum absolute atomic E-state index is 0.0377. The molecule has 98 valence electrons. The van der Waals surface area contributed by atoms with Crippen LogP contribution in [0.4, 0.5) is 5.69 Å². The molecule has 0 aromatic heterocycles. The van der Waals surface area contributed by atoms with Crippen molar-refractivity contribution in [3.05, 3.63) is 38.3 Å². The molecule has 0 radical (unpaired) electrons. The van der Waals surface area contributed by atoms with Gasteiger partial charge in [0.15, 0.2) is 0 Å². The summed E-state index contributed by atoms with van der Waals surface area (Å²) in [4.78, 5) is 21.3. The van der Waals surface area contributed by atoms with Gasteiger partial charge in [-0.25, -0.2) is 0 Å². The maximum absolute atomic E-state index is 11.0. The molecule has 1 aromatic rings. The average Bonchev–Trinajstić information content (AvgIpc) is 2.35. The molecule has 1 aromatic carbocycles. The molecule has 7 heteroatoms. The van der Waals surface area contributed by atoms with E-state index in [4.69, 9.17) is 0 Å². The van der Waals surface area contributed by atoms with Crippen molar-refractivity contribution in [1.29, 1.82) is 0 Å². The molecule has 0 heterocycles. The minimum atomic E-state index is -0.432. The molecular formula is C11H14BrN3O3. The van der Waals surface area contributed by atoms with Crippen LogP contribution in [0.2, 0.25) is 0 Å². The van der Waals surface area contributed by atoms with Crippen molar-refractivity contribution in [1.82, 2.24) is 10.6 Å². The van der Waals surface area contributed by atoms with Crippen molar-refractivity contribution in [3.63, 3.8) is 0 Å². The molecule has 0 spiro atoms. The fraction of sp³-hybridized carbons (Fsp3) is 0.364. The van der Waals surface area contributed by atoms with Crippen LogP contribution in [-0.4, -0.2) is 24.4 Å². The maximum Gasteiger partial charge on any atom is 0.283 e. The number of halogens is 1. The van der Waals surface area contributed by atoms with Gasteiger partial charge in [0.2, 0.25) is 5.91 Å². The van der Waals surface area contributed by atoms with E-state index in [0.717, 1.165) is 5.56 Å². The van der Waals surface area contributed by atoms with E-state index in [-0.39, 0.29) is 11.6 Å². The van der Waals surface area contributed by atoms with Gasteiger partial charge in [-0.1, -0.05) is 6.07 Å². The summed E-state index contributed by atoms with van der Waals surface area (Å²) >= 11 is 3.13. The van der Waals surface area contributed by atoms with Crippen molar-refractivity contribution in [2.75, 3.05) is 13.6 Å². The van der Waals surface area contributed by atoms with Gasteiger partial charge in [0.1, 0.15) is 0 Å². The SMILES string of the molecule is CNC(=O)CCNCc1ccc(Br)c([N+](=O)[O-])c1. The van der Waals surface area contributed by atoms with E-state index in [0.29, 0.717) is 24.0 Å². The van der Waals surface area contributed by atoms with E-state index in [1.165, 1.54) is 6.07 Å². The second kappa shape index (κ2) is 7.07. The minimum Gasteiger partial charge on any atom is -0.359 e. The maximum atomic E-state index is 11.0. The molecule has 0 saturated carbocycles. The van der Waals surface area contributed by atoms with E-state index < -0.39 is 4.92 Å². The predicted molar refractivity (Wildman–Crippen MR) is 71.2 cm³/mol. The van der Waals surface area contributed by atoms with Gasteiger partial charge in [-0.15, -0.1) is 0 Å². The Hall–Kier alpha value is -1.47. The number of benzene rings is 1. The molecule has 0 saturated heterocycles. The summed E-state index contributed by atoms with van der Waals surface area (Å²) < 4.78 is 0.460. The monoisotopic (exact) mass is 315 g/mol. The predicted octanol–water partition coefficient (Wildman–Crippen LogP) is 1.58. The van der Waals surface area contributed by atoms with Crippen LogP contribution in [0.25, 0.3) is 0 Å². The molecule has 0 aliphatic rings. The zero-order chi connectivity index (χ0) is 13.5. The van der Waals surface area contributed by atoms with E-state index in [2.05, 4.69) is 26.6 Å². The Balaban J connectivity index is 2.50. The number of nitrogens with one attached hydrogen (secondary N) is 2. The Morgan fingerprint density at radius 1 is 1.50 bits per heavy atom. The molecule has 0 fully saturated rings. The third-order valence-electron chi connectivity index (χ3n) is 2.34. The molecule has 0 aliphatic heterocycles. The third-order valence-corrected chi connectivity index (χ3v) is 3.01. The summed E-state index contributed by atoms with van der Waals surface area (Å²) in [6, 6.07) is 4.95. The second-order valence-corrected chi connectivity index (χ2v) is 4.50. The van der Waals surface area contributed by atoms with Crippen LogP contribution in [-0.2, 0) is 11.3 Å².